The standard InChI is InChI=1S/C18H22Br2N4.C18H22F2N4.C18H24N4.C16H18Br2N4.C16H18F2N4/c2*1-11-15(5-3-13(21)17(11)19)23-7-9-24(10-8-23)16-6-4-14(22)18(20)12(16)2;1-13-11-22(18-9-5-16(20)6-10-18)14(2)12-21(13)17-7-3-15(19)4-8-17;2*17-13-9-11(19)1-3-15(13)21-5-7-22(8-6-21)16-4-2-12(20)10-14(16)18/h2*3-6H,7-10,21-22H2,1-2H3;3-10,13-14H,11-12,19-20H2,1-2H3;2*1-4,9-10H,5-8,19-20H2. The summed E-state index contributed by atoms with van der Waals surface area (Å²) in [7, 11) is 0. The van der Waals surface area contributed by atoms with Crippen molar-refractivity contribution in [2.45, 2.75) is 53.6 Å². The Morgan fingerprint density at radius 3 is 0.754 bits per heavy atom. The Morgan fingerprint density at radius 1 is 0.263 bits per heavy atom. The molecular formula is C86H104Br4F4N20. The lowest BCUT2D eigenvalue weighted by Gasteiger charge is -2.46. The average Bonchev–Trinajstić information content (AvgIpc) is 0.781. The molecule has 2 unspecified atom stereocenters. The van der Waals surface area contributed by atoms with Crippen molar-refractivity contribution >= 4 is 177 Å². The fourth-order valence-corrected chi connectivity index (χ4v) is 17.2. The van der Waals surface area contributed by atoms with Gasteiger partial charge in [0.1, 0.15) is 11.6 Å². The summed E-state index contributed by atoms with van der Waals surface area (Å²) in [6.07, 6.45) is 0. The fourth-order valence-electron chi connectivity index (χ4n) is 15.2. The normalized spacial score (nSPS) is 16.4. The zero-order chi connectivity index (χ0) is 81.9. The van der Waals surface area contributed by atoms with Gasteiger partial charge in [0.15, 0.2) is 11.6 Å². The number of hydrogen-bond donors (Lipinski definition) is 10. The van der Waals surface area contributed by atoms with Crippen molar-refractivity contribution in [3.05, 3.63) is 233 Å². The second kappa shape index (κ2) is 37.9. The number of benzene rings is 10. The molecule has 0 aromatic heterocycles. The predicted molar refractivity (Wildman–Crippen MR) is 489 cm³/mol. The minimum Gasteiger partial charge on any atom is -0.399 e. The van der Waals surface area contributed by atoms with Gasteiger partial charge in [0.2, 0.25) is 0 Å². The predicted octanol–water partition coefficient (Wildman–Crippen LogP) is 16.5. The molecule has 0 radical (unpaired) electrons. The van der Waals surface area contributed by atoms with Gasteiger partial charge in [-0.05, 0) is 286 Å². The van der Waals surface area contributed by atoms with Crippen molar-refractivity contribution in [2.24, 2.45) is 0 Å². The highest BCUT2D eigenvalue weighted by Gasteiger charge is 2.31. The first kappa shape index (κ1) is 84.7. The van der Waals surface area contributed by atoms with Gasteiger partial charge in [-0.3, -0.25) is 0 Å². The second-order valence-corrected chi connectivity index (χ2v) is 32.7. The third-order valence-corrected chi connectivity index (χ3v) is 25.1. The van der Waals surface area contributed by atoms with E-state index in [1.54, 1.807) is 50.2 Å². The first-order valence-corrected chi connectivity index (χ1v) is 41.2. The van der Waals surface area contributed by atoms with Crippen LogP contribution in [-0.4, -0.2) is 130 Å². The third kappa shape index (κ3) is 20.3. The van der Waals surface area contributed by atoms with Gasteiger partial charge in [-0.1, -0.05) is 0 Å². The minimum atomic E-state index is -0.355. The maximum Gasteiger partial charge on any atom is 0.151 e. The molecule has 5 saturated heterocycles. The monoisotopic (exact) mass is 1810 g/mol. The van der Waals surface area contributed by atoms with E-state index in [4.69, 9.17) is 57.3 Å². The number of rotatable bonds is 10. The highest BCUT2D eigenvalue weighted by atomic mass is 79.9. The molecule has 0 spiro atoms. The van der Waals surface area contributed by atoms with Crippen molar-refractivity contribution in [2.75, 3.05) is 224 Å². The Balaban J connectivity index is 0.000000141. The van der Waals surface area contributed by atoms with Crippen LogP contribution < -0.4 is 106 Å². The molecule has 5 aliphatic rings. The van der Waals surface area contributed by atoms with Crippen LogP contribution in [0.25, 0.3) is 0 Å². The van der Waals surface area contributed by atoms with E-state index in [9.17, 15) is 17.6 Å². The van der Waals surface area contributed by atoms with Gasteiger partial charge in [0, 0.05) is 239 Å². The Labute approximate surface area is 701 Å². The van der Waals surface area contributed by atoms with Gasteiger partial charge in [0.05, 0.1) is 34.1 Å². The topological polar surface area (TPSA) is 293 Å². The van der Waals surface area contributed by atoms with Crippen molar-refractivity contribution in [1.82, 2.24) is 0 Å². The molecule has 5 aliphatic heterocycles. The van der Waals surface area contributed by atoms with Crippen LogP contribution in [0.1, 0.15) is 36.1 Å². The molecule has 20 N–H and O–H groups in total. The molecule has 114 heavy (non-hydrogen) atoms. The summed E-state index contributed by atoms with van der Waals surface area (Å²) in [5, 5.41) is 0. The number of piperazine rings is 5. The molecule has 10 aromatic carbocycles. The molecule has 15 rings (SSSR count). The zero-order valence-corrected chi connectivity index (χ0v) is 71.7. The lowest BCUT2D eigenvalue weighted by molar-refractivity contribution is 0.481. The molecule has 10 aromatic rings. The number of nitrogens with two attached hydrogens (primary N) is 10. The van der Waals surface area contributed by atoms with E-state index in [1.807, 2.05) is 82.6 Å². The van der Waals surface area contributed by atoms with E-state index in [0.29, 0.717) is 72.1 Å². The summed E-state index contributed by atoms with van der Waals surface area (Å²) in [5.74, 6) is -1.36. The summed E-state index contributed by atoms with van der Waals surface area (Å²) in [6, 6.07) is 53.7. The van der Waals surface area contributed by atoms with Crippen LogP contribution in [0.15, 0.2) is 188 Å². The van der Waals surface area contributed by atoms with Gasteiger partial charge in [-0.2, -0.15) is 0 Å². The summed E-state index contributed by atoms with van der Waals surface area (Å²) < 4.78 is 60.0. The van der Waals surface area contributed by atoms with Gasteiger partial charge in [-0.25, -0.2) is 17.6 Å². The van der Waals surface area contributed by atoms with Crippen molar-refractivity contribution in [3.63, 3.8) is 0 Å². The molecule has 604 valence electrons. The Hall–Kier alpha value is -10.2. The van der Waals surface area contributed by atoms with Gasteiger partial charge in [-0.15, -0.1) is 0 Å². The molecule has 0 bridgehead atoms. The summed E-state index contributed by atoms with van der Waals surface area (Å²) in [6.45, 7) is 27.5. The summed E-state index contributed by atoms with van der Waals surface area (Å²) in [5.41, 5.74) is 77.1. The molecule has 2 atom stereocenters. The van der Waals surface area contributed by atoms with Crippen molar-refractivity contribution < 1.29 is 17.6 Å². The van der Waals surface area contributed by atoms with E-state index in [2.05, 4.69) is 179 Å². The summed E-state index contributed by atoms with van der Waals surface area (Å²) in [4.78, 5) is 22.7. The third-order valence-electron chi connectivity index (χ3n) is 21.7. The molecule has 0 saturated carbocycles. The maximum atomic E-state index is 14.0. The van der Waals surface area contributed by atoms with Gasteiger partial charge < -0.3 is 106 Å². The Morgan fingerprint density at radius 2 is 0.482 bits per heavy atom. The van der Waals surface area contributed by atoms with Crippen LogP contribution in [0.4, 0.5) is 131 Å². The number of hydrogen-bond acceptors (Lipinski definition) is 20. The molecule has 5 heterocycles. The quantitative estimate of drug-likeness (QED) is 0.0450. The molecule has 20 nitrogen and oxygen atoms in total. The van der Waals surface area contributed by atoms with E-state index in [0.717, 1.165) is 155 Å². The number of halogens is 8. The van der Waals surface area contributed by atoms with E-state index < -0.39 is 0 Å². The fraction of sp³-hybridized carbons (Fsp3) is 0.302. The van der Waals surface area contributed by atoms with Crippen LogP contribution >= 0.6 is 63.7 Å². The van der Waals surface area contributed by atoms with Crippen LogP contribution in [0.2, 0.25) is 0 Å². The van der Waals surface area contributed by atoms with Gasteiger partial charge in [0.25, 0.3) is 0 Å². The van der Waals surface area contributed by atoms with E-state index in [1.165, 1.54) is 57.4 Å². The highest BCUT2D eigenvalue weighted by molar-refractivity contribution is 9.11. The van der Waals surface area contributed by atoms with Gasteiger partial charge >= 0.3 is 0 Å². The molecular weight excluding hydrogens is 1710 g/mol. The lowest BCUT2D eigenvalue weighted by Crippen LogP contribution is -2.56. The Kier molecular flexibility index (Phi) is 28.1. The average molecular weight is 1810 g/mol. The molecule has 28 heteroatoms. The summed E-state index contributed by atoms with van der Waals surface area (Å²) >= 11 is 14.4. The van der Waals surface area contributed by atoms with Crippen LogP contribution in [0, 0.1) is 51.0 Å². The number of nitrogens with zero attached hydrogens (tertiary/aromatic N) is 10. The smallest absolute Gasteiger partial charge is 0.151 e. The van der Waals surface area contributed by atoms with Crippen LogP contribution in [0.5, 0.6) is 0 Å². The van der Waals surface area contributed by atoms with E-state index >= 15 is 0 Å². The molecule has 0 aliphatic carbocycles. The molecule has 5 fully saturated rings. The first-order valence-electron chi connectivity index (χ1n) is 38.1. The largest absolute Gasteiger partial charge is 0.399 e. The SMILES string of the molecule is CC1CN(c2ccc(N)cc2)C(C)CN1c1ccc(N)cc1.Cc1c(N2CCN(c3ccc(N)c(Br)c3C)CC2)ccc(N)c1Br.Cc1c(N2CCN(c3ccc(N)c(F)c3C)CC2)ccc(N)c1F.Nc1ccc(N2CCN(c3ccc(N)cc3Br)CC2)c(Br)c1.Nc1ccc(N2CCN(c3ccc(N)cc3F)CC2)c(F)c1. The number of nitrogen functional groups attached to an aromatic ring is 10. The first-order chi connectivity index (χ1) is 54.4. The molecule has 0 amide bonds. The second-order valence-electron chi connectivity index (χ2n) is 29.4. The highest BCUT2D eigenvalue weighted by Crippen LogP contribution is 2.39. The van der Waals surface area contributed by atoms with Crippen molar-refractivity contribution in [1.29, 1.82) is 0 Å². The van der Waals surface area contributed by atoms with Crippen LogP contribution in [-0.2, 0) is 0 Å². The zero-order valence-electron chi connectivity index (χ0n) is 65.3. The maximum absolute atomic E-state index is 14.0. The lowest BCUT2D eigenvalue weighted by atomic mass is 10.1. The Bertz CT molecular complexity index is 4400. The number of anilines is 20. The minimum absolute atomic E-state index is 0.169. The van der Waals surface area contributed by atoms with Crippen LogP contribution in [0.3, 0.4) is 0 Å². The van der Waals surface area contributed by atoms with E-state index in [-0.39, 0.29) is 34.6 Å². The van der Waals surface area contributed by atoms with Crippen molar-refractivity contribution in [3.8, 4) is 0 Å².